The van der Waals surface area contributed by atoms with Crippen LogP contribution >= 0.6 is 0 Å². The number of esters is 1. The Labute approximate surface area is 164 Å². The van der Waals surface area contributed by atoms with E-state index in [0.717, 1.165) is 10.5 Å². The van der Waals surface area contributed by atoms with E-state index < -0.39 is 11.8 Å². The molecule has 2 aromatic rings. The van der Waals surface area contributed by atoms with E-state index in [1.165, 1.54) is 13.2 Å². The number of ether oxygens (including phenoxy) is 2. The Morgan fingerprint density at radius 1 is 1.14 bits per heavy atom. The van der Waals surface area contributed by atoms with Gasteiger partial charge in [0.25, 0.3) is 5.91 Å². The average molecular weight is 389 g/mol. The Morgan fingerprint density at radius 3 is 2.54 bits per heavy atom. The highest BCUT2D eigenvalue weighted by molar-refractivity contribution is 6.01. The zero-order valence-electron chi connectivity index (χ0n) is 16.4. The molecule has 0 aromatic heterocycles. The number of halogens is 1. The first-order valence-electron chi connectivity index (χ1n) is 9.20. The third-order valence-electron chi connectivity index (χ3n) is 4.28. The minimum atomic E-state index is -0.480. The van der Waals surface area contributed by atoms with Crippen LogP contribution in [0.4, 0.5) is 10.1 Å². The fourth-order valence-electron chi connectivity index (χ4n) is 2.82. The van der Waals surface area contributed by atoms with Gasteiger partial charge in [0, 0.05) is 5.56 Å². The molecule has 150 valence electrons. The summed E-state index contributed by atoms with van der Waals surface area (Å²) in [7, 11) is 1.42. The summed E-state index contributed by atoms with van der Waals surface area (Å²) in [5, 5.41) is 2.78. The van der Waals surface area contributed by atoms with Crippen molar-refractivity contribution in [2.75, 3.05) is 32.1 Å². The lowest BCUT2D eigenvalue weighted by Gasteiger charge is -2.18. The molecule has 0 radical (unpaired) electrons. The molecule has 1 atom stereocenters. The van der Waals surface area contributed by atoms with Gasteiger partial charge in [-0.3, -0.25) is 4.79 Å². The van der Waals surface area contributed by atoms with Crippen LogP contribution in [-0.2, 0) is 16.1 Å². The normalized spacial score (nSPS) is 11.6. The molecule has 0 bridgehead atoms. The molecule has 0 heterocycles. The number of carbonyl (C=O) groups is 2. The van der Waals surface area contributed by atoms with E-state index in [1.807, 2.05) is 6.92 Å². The Bertz CT molecular complexity index is 826. The summed E-state index contributed by atoms with van der Waals surface area (Å²) in [6, 6.07) is 11.5. The number of para-hydroxylation sites is 1. The fraction of sp³-hybridized carbons (Fsp3) is 0.333. The van der Waals surface area contributed by atoms with Crippen LogP contribution in [0.1, 0.15) is 29.8 Å². The molecule has 0 aliphatic heterocycles. The first-order chi connectivity index (χ1) is 13.5. The molecule has 0 saturated carbocycles. The van der Waals surface area contributed by atoms with E-state index >= 15 is 0 Å². The number of benzene rings is 2. The van der Waals surface area contributed by atoms with Crippen molar-refractivity contribution in [2.24, 2.45) is 0 Å². The molecule has 0 fully saturated rings. The molecule has 0 spiro atoms. The number of anilines is 1. The number of hydrogen-bond donors (Lipinski definition) is 2. The molecule has 0 aliphatic carbocycles. The smallest absolute Gasteiger partial charge is 0.340 e. The number of rotatable bonds is 9. The number of carbonyl (C=O) groups excluding carboxylic acids is 2. The first-order valence-corrected chi connectivity index (χ1v) is 9.20. The maximum atomic E-state index is 13.9. The van der Waals surface area contributed by atoms with E-state index in [9.17, 15) is 14.0 Å². The summed E-state index contributed by atoms with van der Waals surface area (Å²) < 4.78 is 23.8. The fourth-order valence-corrected chi connectivity index (χ4v) is 2.82. The van der Waals surface area contributed by atoms with Crippen molar-refractivity contribution < 1.29 is 28.4 Å². The highest BCUT2D eigenvalue weighted by Gasteiger charge is 2.18. The Morgan fingerprint density at radius 2 is 1.89 bits per heavy atom. The molecule has 2 aromatic carbocycles. The summed E-state index contributed by atoms with van der Waals surface area (Å²) in [5.41, 5.74) is 1.50. The summed E-state index contributed by atoms with van der Waals surface area (Å²) in [6.45, 7) is 5.29. The van der Waals surface area contributed by atoms with E-state index in [2.05, 4.69) is 5.32 Å². The highest BCUT2D eigenvalue weighted by atomic mass is 19.1. The van der Waals surface area contributed by atoms with Gasteiger partial charge in [0.05, 0.1) is 31.5 Å². The third kappa shape index (κ3) is 5.79. The lowest BCUT2D eigenvalue weighted by Crippen LogP contribution is -3.11. The number of methoxy groups -OCH3 is 1. The standard InChI is InChI=1S/C21H25FN2O4/c1-4-24(13-15-10-11-19(27-3)17(22)12-15)14-20(25)23-18-9-7-6-8-16(18)21(26)28-5-2/h6-12H,4-5,13-14H2,1-3H3,(H,23,25)/p+1. The van der Waals surface area contributed by atoms with Crippen molar-refractivity contribution >= 4 is 17.6 Å². The van der Waals surface area contributed by atoms with E-state index in [1.54, 1.807) is 43.3 Å². The molecule has 0 aliphatic rings. The zero-order valence-corrected chi connectivity index (χ0v) is 16.4. The summed E-state index contributed by atoms with van der Waals surface area (Å²) in [4.78, 5) is 25.5. The largest absolute Gasteiger partial charge is 0.494 e. The van der Waals surface area contributed by atoms with Crippen molar-refractivity contribution in [1.29, 1.82) is 0 Å². The van der Waals surface area contributed by atoms with Crippen LogP contribution in [0.3, 0.4) is 0 Å². The van der Waals surface area contributed by atoms with Crippen LogP contribution in [0.25, 0.3) is 0 Å². The van der Waals surface area contributed by atoms with Gasteiger partial charge in [-0.2, -0.15) is 0 Å². The molecule has 1 amide bonds. The third-order valence-corrected chi connectivity index (χ3v) is 4.28. The van der Waals surface area contributed by atoms with Gasteiger partial charge in [-0.1, -0.05) is 12.1 Å². The summed E-state index contributed by atoms with van der Waals surface area (Å²) >= 11 is 0. The highest BCUT2D eigenvalue weighted by Crippen LogP contribution is 2.17. The van der Waals surface area contributed by atoms with Gasteiger partial charge in [0.1, 0.15) is 6.54 Å². The Kier molecular flexibility index (Phi) is 7.95. The van der Waals surface area contributed by atoms with Crippen molar-refractivity contribution in [2.45, 2.75) is 20.4 Å². The predicted octanol–water partition coefficient (Wildman–Crippen LogP) is 2.05. The van der Waals surface area contributed by atoms with Gasteiger partial charge in [-0.25, -0.2) is 9.18 Å². The molecule has 2 rings (SSSR count). The molecule has 7 heteroatoms. The molecule has 28 heavy (non-hydrogen) atoms. The Hall–Kier alpha value is -2.93. The first kappa shape index (κ1) is 21.4. The van der Waals surface area contributed by atoms with Crippen LogP contribution in [0.2, 0.25) is 0 Å². The summed E-state index contributed by atoms with van der Waals surface area (Å²) in [6.07, 6.45) is 0. The molecular weight excluding hydrogens is 363 g/mol. The number of amides is 1. The van der Waals surface area contributed by atoms with Crippen molar-refractivity contribution in [3.63, 3.8) is 0 Å². The summed E-state index contributed by atoms with van der Waals surface area (Å²) in [5.74, 6) is -0.951. The number of quaternary nitrogens is 1. The maximum Gasteiger partial charge on any atom is 0.340 e. The van der Waals surface area contributed by atoms with E-state index in [-0.39, 0.29) is 24.8 Å². The van der Waals surface area contributed by atoms with Gasteiger partial charge >= 0.3 is 5.97 Å². The molecule has 6 nitrogen and oxygen atoms in total. The number of likely N-dealkylation sites (N-methyl/N-ethyl adjacent to an activating group) is 1. The second-order valence-electron chi connectivity index (χ2n) is 6.24. The second kappa shape index (κ2) is 10.4. The van der Waals surface area contributed by atoms with Crippen LogP contribution < -0.4 is 15.0 Å². The van der Waals surface area contributed by atoms with Gasteiger partial charge in [0.2, 0.25) is 0 Å². The van der Waals surface area contributed by atoms with Crippen LogP contribution in [-0.4, -0.2) is 38.7 Å². The Balaban J connectivity index is 2.03. The van der Waals surface area contributed by atoms with E-state index in [0.29, 0.717) is 24.3 Å². The predicted molar refractivity (Wildman–Crippen MR) is 104 cm³/mol. The van der Waals surface area contributed by atoms with Gasteiger partial charge in [-0.05, 0) is 44.2 Å². The number of hydrogen-bond acceptors (Lipinski definition) is 4. The van der Waals surface area contributed by atoms with E-state index in [4.69, 9.17) is 9.47 Å². The van der Waals surface area contributed by atoms with Crippen LogP contribution in [0.5, 0.6) is 5.75 Å². The second-order valence-corrected chi connectivity index (χ2v) is 6.24. The SMILES string of the molecule is CCOC(=O)c1ccccc1NC(=O)C[NH+](CC)Cc1ccc(OC)c(F)c1. The minimum absolute atomic E-state index is 0.182. The maximum absolute atomic E-state index is 13.9. The quantitative estimate of drug-likeness (QED) is 0.644. The van der Waals surface area contributed by atoms with Gasteiger partial charge < -0.3 is 19.7 Å². The van der Waals surface area contributed by atoms with Crippen LogP contribution in [0, 0.1) is 5.82 Å². The average Bonchev–Trinajstić information content (AvgIpc) is 2.68. The van der Waals surface area contributed by atoms with Crippen LogP contribution in [0.15, 0.2) is 42.5 Å². The van der Waals surface area contributed by atoms with Gasteiger partial charge in [-0.15, -0.1) is 0 Å². The van der Waals surface area contributed by atoms with Crippen molar-refractivity contribution in [3.05, 3.63) is 59.4 Å². The lowest BCUT2D eigenvalue weighted by atomic mass is 10.1. The molecule has 1 unspecified atom stereocenters. The molecule has 2 N–H and O–H groups in total. The monoisotopic (exact) mass is 389 g/mol. The minimum Gasteiger partial charge on any atom is -0.494 e. The lowest BCUT2D eigenvalue weighted by molar-refractivity contribution is -0.903. The van der Waals surface area contributed by atoms with Gasteiger partial charge in [0.15, 0.2) is 18.1 Å². The molecule has 0 saturated heterocycles. The zero-order chi connectivity index (χ0) is 20.5. The number of nitrogens with one attached hydrogen (secondary N) is 2. The van der Waals surface area contributed by atoms with Crippen molar-refractivity contribution in [1.82, 2.24) is 0 Å². The molecular formula is C21H26FN2O4+. The van der Waals surface area contributed by atoms with Crippen molar-refractivity contribution in [3.8, 4) is 5.75 Å². The topological polar surface area (TPSA) is 69.1 Å².